The number of methoxy groups -OCH3 is 1. The highest BCUT2D eigenvalue weighted by Crippen LogP contribution is 2.20. The Morgan fingerprint density at radius 1 is 1.27 bits per heavy atom. The Labute approximate surface area is 139 Å². The van der Waals surface area contributed by atoms with E-state index in [1.54, 1.807) is 7.11 Å². The fourth-order valence-electron chi connectivity index (χ4n) is 1.87. The molecule has 0 aliphatic rings. The quantitative estimate of drug-likeness (QED) is 0.645. The van der Waals surface area contributed by atoms with Crippen LogP contribution in [0, 0.1) is 6.92 Å². The molecule has 5 nitrogen and oxygen atoms in total. The van der Waals surface area contributed by atoms with Crippen LogP contribution in [0.4, 0.5) is 0 Å². The molecule has 0 aliphatic carbocycles. The van der Waals surface area contributed by atoms with Gasteiger partial charge in [-0.05, 0) is 31.5 Å². The Balaban J connectivity index is 0.00000441. The van der Waals surface area contributed by atoms with Crippen molar-refractivity contribution in [2.75, 3.05) is 26.9 Å². The van der Waals surface area contributed by atoms with E-state index in [1.807, 2.05) is 25.1 Å². The van der Waals surface area contributed by atoms with Crippen LogP contribution in [0.1, 0.15) is 30.4 Å². The van der Waals surface area contributed by atoms with Gasteiger partial charge in [-0.3, -0.25) is 4.79 Å². The summed E-state index contributed by atoms with van der Waals surface area (Å²) in [5, 5.41) is 2.90. The highest BCUT2D eigenvalue weighted by Gasteiger charge is 2.06. The van der Waals surface area contributed by atoms with E-state index in [9.17, 15) is 4.79 Å². The maximum absolute atomic E-state index is 11.6. The number of carbonyl (C=O) groups is 1. The van der Waals surface area contributed by atoms with Crippen molar-refractivity contribution in [2.24, 2.45) is 5.73 Å². The van der Waals surface area contributed by atoms with E-state index in [0.29, 0.717) is 39.1 Å². The molecule has 0 radical (unpaired) electrons. The molecule has 0 saturated heterocycles. The van der Waals surface area contributed by atoms with Crippen LogP contribution in [0.25, 0.3) is 0 Å². The van der Waals surface area contributed by atoms with Crippen molar-refractivity contribution < 1.29 is 14.3 Å². The zero-order valence-electron chi connectivity index (χ0n) is 13.4. The maximum atomic E-state index is 11.6. The summed E-state index contributed by atoms with van der Waals surface area (Å²) in [5.41, 5.74) is 7.51. The number of aryl methyl sites for hydroxylation is 1. The zero-order valence-corrected chi connectivity index (χ0v) is 14.2. The molecule has 0 atom stereocenters. The minimum absolute atomic E-state index is 0. The summed E-state index contributed by atoms with van der Waals surface area (Å²) in [6.07, 6.45) is 2.01. The van der Waals surface area contributed by atoms with Gasteiger partial charge in [0, 0.05) is 38.7 Å². The number of rotatable bonds is 10. The summed E-state index contributed by atoms with van der Waals surface area (Å²) in [7, 11) is 1.68. The van der Waals surface area contributed by atoms with E-state index in [0.717, 1.165) is 23.3 Å². The predicted octanol–water partition coefficient (Wildman–Crippen LogP) is 2.19. The van der Waals surface area contributed by atoms with Gasteiger partial charge in [-0.25, -0.2) is 0 Å². The van der Waals surface area contributed by atoms with E-state index >= 15 is 0 Å². The van der Waals surface area contributed by atoms with Gasteiger partial charge >= 0.3 is 0 Å². The summed E-state index contributed by atoms with van der Waals surface area (Å²) >= 11 is 0. The molecule has 0 unspecified atom stereocenters. The van der Waals surface area contributed by atoms with Gasteiger partial charge in [0.15, 0.2) is 0 Å². The molecule has 1 rings (SSSR count). The first-order chi connectivity index (χ1) is 10.2. The first kappa shape index (κ1) is 20.7. The lowest BCUT2D eigenvalue weighted by Crippen LogP contribution is -2.23. The van der Waals surface area contributed by atoms with Crippen LogP contribution in [0.15, 0.2) is 18.2 Å². The molecule has 6 heteroatoms. The average molecular weight is 331 g/mol. The second-order valence-electron chi connectivity index (χ2n) is 4.97. The number of nitrogens with one attached hydrogen (secondary N) is 1. The lowest BCUT2D eigenvalue weighted by molar-refractivity contribution is -0.121. The number of ether oxygens (including phenoxy) is 2. The molecule has 0 bridgehead atoms. The molecular weight excluding hydrogens is 304 g/mol. The number of hydrogen-bond donors (Lipinski definition) is 2. The first-order valence-electron chi connectivity index (χ1n) is 7.35. The lowest BCUT2D eigenvalue weighted by Gasteiger charge is -2.13. The number of amides is 1. The topological polar surface area (TPSA) is 73.6 Å². The van der Waals surface area contributed by atoms with Crippen LogP contribution in [-0.4, -0.2) is 32.8 Å². The summed E-state index contributed by atoms with van der Waals surface area (Å²) in [6, 6.07) is 6.00. The molecule has 126 valence electrons. The molecule has 1 aromatic carbocycles. The molecule has 0 saturated carbocycles. The van der Waals surface area contributed by atoms with E-state index in [4.69, 9.17) is 15.2 Å². The molecule has 1 aromatic rings. The predicted molar refractivity (Wildman–Crippen MR) is 90.6 cm³/mol. The van der Waals surface area contributed by atoms with Crippen molar-refractivity contribution in [1.82, 2.24) is 5.32 Å². The molecular formula is C16H27ClN2O3. The Morgan fingerprint density at radius 3 is 2.73 bits per heavy atom. The largest absolute Gasteiger partial charge is 0.493 e. The van der Waals surface area contributed by atoms with Crippen molar-refractivity contribution in [2.45, 2.75) is 32.7 Å². The van der Waals surface area contributed by atoms with E-state index in [-0.39, 0.29) is 18.3 Å². The van der Waals surface area contributed by atoms with Gasteiger partial charge in [-0.15, -0.1) is 12.4 Å². The highest BCUT2D eigenvalue weighted by atomic mass is 35.5. The van der Waals surface area contributed by atoms with Crippen molar-refractivity contribution in [3.8, 4) is 5.75 Å². The molecule has 1 amide bonds. The van der Waals surface area contributed by atoms with E-state index in [1.165, 1.54) is 0 Å². The van der Waals surface area contributed by atoms with Crippen LogP contribution in [0.5, 0.6) is 5.75 Å². The Morgan fingerprint density at radius 2 is 2.05 bits per heavy atom. The number of benzene rings is 1. The molecule has 22 heavy (non-hydrogen) atoms. The van der Waals surface area contributed by atoms with Crippen molar-refractivity contribution in [3.63, 3.8) is 0 Å². The van der Waals surface area contributed by atoms with Crippen LogP contribution in [0.3, 0.4) is 0 Å². The number of carbonyl (C=O) groups excluding carboxylic acids is 1. The van der Waals surface area contributed by atoms with Crippen molar-refractivity contribution in [1.29, 1.82) is 0 Å². The fraction of sp³-hybridized carbons (Fsp3) is 0.562. The van der Waals surface area contributed by atoms with E-state index in [2.05, 4.69) is 5.32 Å². The third-order valence-corrected chi connectivity index (χ3v) is 3.06. The van der Waals surface area contributed by atoms with Crippen molar-refractivity contribution >= 4 is 18.3 Å². The fourth-order valence-corrected chi connectivity index (χ4v) is 1.87. The van der Waals surface area contributed by atoms with Crippen LogP contribution in [0.2, 0.25) is 0 Å². The Hall–Kier alpha value is -1.30. The van der Waals surface area contributed by atoms with E-state index < -0.39 is 0 Å². The third-order valence-electron chi connectivity index (χ3n) is 3.06. The standard InChI is InChI=1S/C16H26N2O3.ClH/c1-13-6-7-14(12-18-16(19)5-3-8-17)15(11-13)21-10-4-9-20-2;/h6-7,11H,3-5,8-10,12,17H2,1-2H3,(H,18,19);1H. The molecule has 0 fully saturated rings. The zero-order chi connectivity index (χ0) is 15.5. The Bertz CT molecular complexity index is 441. The number of nitrogens with two attached hydrogens (primary N) is 1. The third kappa shape index (κ3) is 8.22. The van der Waals surface area contributed by atoms with Gasteiger partial charge in [0.2, 0.25) is 5.91 Å². The second-order valence-corrected chi connectivity index (χ2v) is 4.97. The van der Waals surface area contributed by atoms with Gasteiger partial charge in [-0.2, -0.15) is 0 Å². The minimum atomic E-state index is 0. The summed E-state index contributed by atoms with van der Waals surface area (Å²) in [4.78, 5) is 11.6. The molecule has 0 spiro atoms. The average Bonchev–Trinajstić information content (AvgIpc) is 2.48. The van der Waals surface area contributed by atoms with Crippen molar-refractivity contribution in [3.05, 3.63) is 29.3 Å². The number of halogens is 1. The highest BCUT2D eigenvalue weighted by molar-refractivity contribution is 5.85. The minimum Gasteiger partial charge on any atom is -0.493 e. The summed E-state index contributed by atoms with van der Waals surface area (Å²) in [6.45, 7) is 4.31. The SMILES string of the molecule is COCCCOc1cc(C)ccc1CNC(=O)CCCN.Cl. The molecule has 3 N–H and O–H groups in total. The van der Waals surface area contributed by atoms with Crippen LogP contribution in [-0.2, 0) is 16.1 Å². The monoisotopic (exact) mass is 330 g/mol. The van der Waals surface area contributed by atoms with Gasteiger partial charge in [0.05, 0.1) is 6.61 Å². The van der Waals surface area contributed by atoms with Gasteiger partial charge < -0.3 is 20.5 Å². The van der Waals surface area contributed by atoms with Crippen LogP contribution < -0.4 is 15.8 Å². The number of hydrogen-bond acceptors (Lipinski definition) is 4. The van der Waals surface area contributed by atoms with Gasteiger partial charge in [0.25, 0.3) is 0 Å². The van der Waals surface area contributed by atoms with Gasteiger partial charge in [-0.1, -0.05) is 12.1 Å². The lowest BCUT2D eigenvalue weighted by atomic mass is 10.1. The first-order valence-corrected chi connectivity index (χ1v) is 7.35. The molecule has 0 aromatic heterocycles. The summed E-state index contributed by atoms with van der Waals surface area (Å²) < 4.78 is 10.8. The Kier molecular flexibility index (Phi) is 11.5. The summed E-state index contributed by atoms with van der Waals surface area (Å²) in [5.74, 6) is 0.844. The molecule has 0 aliphatic heterocycles. The smallest absolute Gasteiger partial charge is 0.220 e. The van der Waals surface area contributed by atoms with Crippen LogP contribution >= 0.6 is 12.4 Å². The normalized spacial score (nSPS) is 9.95. The molecule has 0 heterocycles. The second kappa shape index (κ2) is 12.3. The van der Waals surface area contributed by atoms with Gasteiger partial charge in [0.1, 0.15) is 5.75 Å². The maximum Gasteiger partial charge on any atom is 0.220 e.